The number of hydrogen-bond donors (Lipinski definition) is 2. The zero-order valence-electron chi connectivity index (χ0n) is 28.5. The summed E-state index contributed by atoms with van der Waals surface area (Å²) in [6.45, 7) is 33.2. The second-order valence-electron chi connectivity index (χ2n) is 16.3. The molecule has 2 N–H and O–H groups in total. The number of rotatable bonds is 11. The van der Waals surface area contributed by atoms with E-state index in [1.807, 2.05) is 0 Å². The number of unbranched alkanes of at least 4 members (excludes halogenated alkanes) is 4. The van der Waals surface area contributed by atoms with Gasteiger partial charge in [0.2, 0.25) is 0 Å². The molecule has 0 saturated carbocycles. The van der Waals surface area contributed by atoms with Crippen molar-refractivity contribution in [1.29, 1.82) is 0 Å². The molecule has 0 aliphatic heterocycles. The van der Waals surface area contributed by atoms with Crippen molar-refractivity contribution in [3.8, 4) is 0 Å². The first kappa shape index (κ1) is 35.9. The summed E-state index contributed by atoms with van der Waals surface area (Å²) >= 11 is 0. The lowest BCUT2D eigenvalue weighted by molar-refractivity contribution is 0.248. The van der Waals surface area contributed by atoms with Crippen molar-refractivity contribution in [1.82, 2.24) is 0 Å². The van der Waals surface area contributed by atoms with Crippen LogP contribution in [0.25, 0.3) is 0 Å². The van der Waals surface area contributed by atoms with Crippen molar-refractivity contribution in [2.45, 2.75) is 145 Å². The lowest BCUT2D eigenvalue weighted by Gasteiger charge is -2.39. The van der Waals surface area contributed by atoms with Gasteiger partial charge in [-0.2, -0.15) is 0 Å². The number of benzene rings is 1. The van der Waals surface area contributed by atoms with Crippen LogP contribution in [0.3, 0.4) is 0 Å². The van der Waals surface area contributed by atoms with E-state index in [9.17, 15) is 0 Å². The van der Waals surface area contributed by atoms with Crippen LogP contribution in [0.2, 0.25) is 0 Å². The molecule has 3 nitrogen and oxygen atoms in total. The smallest absolute Gasteiger partial charge is 0.327 e. The van der Waals surface area contributed by atoms with Gasteiger partial charge < -0.3 is 14.3 Å². The van der Waals surface area contributed by atoms with Gasteiger partial charge in [-0.05, 0) is 74.3 Å². The average Bonchev–Trinajstić information content (AvgIpc) is 2.80. The van der Waals surface area contributed by atoms with Gasteiger partial charge in [0.1, 0.15) is 0 Å². The summed E-state index contributed by atoms with van der Waals surface area (Å²) in [5, 5.41) is 0. The molecule has 0 radical (unpaired) electrons. The predicted octanol–water partition coefficient (Wildman–Crippen LogP) is 11.2. The van der Waals surface area contributed by atoms with Crippen molar-refractivity contribution in [2.24, 2.45) is 10.8 Å². The molecule has 0 spiro atoms. The van der Waals surface area contributed by atoms with Crippen LogP contribution in [0.1, 0.15) is 151 Å². The average molecular weight is 585 g/mol. The van der Waals surface area contributed by atoms with Gasteiger partial charge in [-0.25, -0.2) is 0 Å². The molecule has 0 amide bonds. The summed E-state index contributed by atoms with van der Waals surface area (Å²) in [6.07, 6.45) is 9.89. The fourth-order valence-corrected chi connectivity index (χ4v) is 6.21. The summed E-state index contributed by atoms with van der Waals surface area (Å²) in [5.41, 5.74) is 10.2. The Kier molecular flexibility index (Phi) is 12.3. The zero-order valence-corrected chi connectivity index (χ0v) is 29.4. The van der Waals surface area contributed by atoms with Crippen molar-refractivity contribution >= 4 is 8.60 Å². The third kappa shape index (κ3) is 10.5. The second-order valence-corrected chi connectivity index (χ2v) is 17.0. The van der Waals surface area contributed by atoms with Crippen molar-refractivity contribution < 1.29 is 14.3 Å². The number of allylic oxidation sites excluding steroid dienone is 5. The van der Waals surface area contributed by atoms with Crippen molar-refractivity contribution in [3.05, 3.63) is 69.8 Å². The minimum atomic E-state index is -2.24. The highest BCUT2D eigenvalue weighted by atomic mass is 31.2. The lowest BCUT2D eigenvalue weighted by Crippen LogP contribution is -2.25. The largest absolute Gasteiger partial charge is 0.328 e. The van der Waals surface area contributed by atoms with Crippen molar-refractivity contribution in [2.75, 3.05) is 6.61 Å². The molecule has 0 heterocycles. The molecule has 0 saturated heterocycles. The van der Waals surface area contributed by atoms with Crippen LogP contribution in [0.4, 0.5) is 0 Å². The zero-order chi connectivity index (χ0) is 31.4. The first-order valence-electron chi connectivity index (χ1n) is 15.7. The molecule has 0 bridgehead atoms. The third-order valence-electron chi connectivity index (χ3n) is 8.46. The van der Waals surface area contributed by atoms with Crippen LogP contribution < -0.4 is 0 Å². The van der Waals surface area contributed by atoms with Gasteiger partial charge in [0.05, 0.1) is 6.61 Å². The van der Waals surface area contributed by atoms with Crippen LogP contribution >= 0.6 is 8.60 Å². The summed E-state index contributed by atoms with van der Waals surface area (Å²) in [5.74, 6) is 0.299. The molecule has 1 aliphatic rings. The van der Waals surface area contributed by atoms with Gasteiger partial charge in [-0.15, -0.1) is 0 Å². The molecule has 1 atom stereocenters. The summed E-state index contributed by atoms with van der Waals surface area (Å²) in [7, 11) is -2.24. The maximum absolute atomic E-state index is 8.97. The predicted molar refractivity (Wildman–Crippen MR) is 179 cm³/mol. The first-order valence-corrected chi connectivity index (χ1v) is 16.9. The molecule has 1 aromatic carbocycles. The lowest BCUT2D eigenvalue weighted by atomic mass is 9.65. The van der Waals surface area contributed by atoms with Crippen LogP contribution in [0, 0.1) is 10.8 Å². The minimum absolute atomic E-state index is 0.0134. The quantitative estimate of drug-likeness (QED) is 0.201. The topological polar surface area (TPSA) is 49.7 Å². The fraction of sp³-hybridized carbons (Fsp3) is 0.676. The third-order valence-corrected chi connectivity index (χ3v) is 8.87. The van der Waals surface area contributed by atoms with E-state index in [0.29, 0.717) is 12.5 Å². The normalized spacial score (nSPS) is 16.5. The Morgan fingerprint density at radius 2 is 1.37 bits per heavy atom. The Morgan fingerprint density at radius 1 is 0.780 bits per heavy atom. The maximum atomic E-state index is 8.97. The van der Waals surface area contributed by atoms with Crippen molar-refractivity contribution in [3.63, 3.8) is 0 Å². The highest BCUT2D eigenvalue weighted by Gasteiger charge is 2.35. The van der Waals surface area contributed by atoms with Gasteiger partial charge >= 0.3 is 8.60 Å². The molecular weight excluding hydrogens is 523 g/mol. The van der Waals surface area contributed by atoms with Crippen LogP contribution in [0.15, 0.2) is 53.1 Å². The van der Waals surface area contributed by atoms with E-state index >= 15 is 0 Å². The fourth-order valence-electron chi connectivity index (χ4n) is 5.91. The van der Waals surface area contributed by atoms with E-state index < -0.39 is 8.60 Å². The van der Waals surface area contributed by atoms with E-state index in [1.54, 1.807) is 0 Å². The summed E-state index contributed by atoms with van der Waals surface area (Å²) in [4.78, 5) is 17.9. The summed E-state index contributed by atoms with van der Waals surface area (Å²) in [6, 6.07) is 7.29. The van der Waals surface area contributed by atoms with E-state index in [1.165, 1.54) is 39.0 Å². The standard InChI is InChI=1S/C37H61O3P/c1-26-23-28(35(5,6)7)25-32(37(11,12)13)33(26)30(19-17-15-14-16-18-22-40-41(38)39)29-21-20-27(34(2,3)4)24-31(29)36(8,9)10/h20-21,24-25,30,38-39H,1,14-19,22-23H2,2-13H3. The highest BCUT2D eigenvalue weighted by Crippen LogP contribution is 2.50. The van der Waals surface area contributed by atoms with Crippen LogP contribution in [-0.4, -0.2) is 16.4 Å². The Labute approximate surface area is 254 Å². The monoisotopic (exact) mass is 584 g/mol. The molecule has 0 aromatic heterocycles. The molecule has 2 rings (SSSR count). The molecule has 41 heavy (non-hydrogen) atoms. The Balaban J connectivity index is 2.61. The number of hydrogen-bond acceptors (Lipinski definition) is 3. The van der Waals surface area contributed by atoms with Gasteiger partial charge in [0, 0.05) is 5.92 Å². The first-order chi connectivity index (χ1) is 18.6. The van der Waals surface area contributed by atoms with Gasteiger partial charge in [0.15, 0.2) is 0 Å². The molecule has 1 aromatic rings. The van der Waals surface area contributed by atoms with Crippen LogP contribution in [-0.2, 0) is 15.4 Å². The summed E-state index contributed by atoms with van der Waals surface area (Å²) < 4.78 is 4.94. The van der Waals surface area contributed by atoms with Crippen LogP contribution in [0.5, 0.6) is 0 Å². The van der Waals surface area contributed by atoms with E-state index in [2.05, 4.69) is 107 Å². The molecule has 0 fully saturated rings. The van der Waals surface area contributed by atoms with Gasteiger partial charge in [-0.1, -0.05) is 145 Å². The molecular formula is C37H61O3P. The van der Waals surface area contributed by atoms with Gasteiger partial charge in [0.25, 0.3) is 0 Å². The SMILES string of the molecule is C=C1CC(C(C)(C)C)=CC(C(C)(C)C)=C1C(CCCCCCCOP(O)O)c1ccc(C(C)(C)C)cc1C(C)(C)C. The Hall–Kier alpha value is -1.25. The van der Waals surface area contributed by atoms with E-state index in [0.717, 1.165) is 44.9 Å². The Bertz CT molecular complexity index is 1090. The van der Waals surface area contributed by atoms with E-state index in [4.69, 9.17) is 20.9 Å². The molecule has 1 unspecified atom stereocenters. The maximum Gasteiger partial charge on any atom is 0.327 e. The van der Waals surface area contributed by atoms with E-state index in [-0.39, 0.29) is 21.7 Å². The van der Waals surface area contributed by atoms with Gasteiger partial charge in [-0.3, -0.25) is 0 Å². The molecule has 4 heteroatoms. The minimum Gasteiger partial charge on any atom is -0.328 e. The Morgan fingerprint density at radius 3 is 1.88 bits per heavy atom. The molecule has 1 aliphatic carbocycles. The highest BCUT2D eigenvalue weighted by molar-refractivity contribution is 7.39. The second kappa shape index (κ2) is 14.0. The molecule has 232 valence electrons.